The summed E-state index contributed by atoms with van der Waals surface area (Å²) in [5, 5.41) is 3.21. The molecule has 1 aliphatic carbocycles. The Kier molecular flexibility index (Phi) is 3.72. The molecular formula is C13H24N2O. The highest BCUT2D eigenvalue weighted by atomic mass is 16.2. The van der Waals surface area contributed by atoms with E-state index in [1.54, 1.807) is 0 Å². The highest BCUT2D eigenvalue weighted by Crippen LogP contribution is 2.24. The second-order valence-electron chi connectivity index (χ2n) is 5.47. The zero-order valence-electron chi connectivity index (χ0n) is 10.5. The Morgan fingerprint density at radius 2 is 1.56 bits per heavy atom. The van der Waals surface area contributed by atoms with Crippen molar-refractivity contribution in [1.82, 2.24) is 10.2 Å². The molecule has 1 heterocycles. The molecule has 2 rings (SSSR count). The topological polar surface area (TPSA) is 32.3 Å². The van der Waals surface area contributed by atoms with E-state index in [0.717, 1.165) is 12.8 Å². The van der Waals surface area contributed by atoms with Crippen molar-refractivity contribution >= 4 is 6.03 Å². The maximum Gasteiger partial charge on any atom is 0.318 e. The Labute approximate surface area is 98.6 Å². The number of likely N-dealkylation sites (tertiary alicyclic amines) is 1. The molecule has 2 unspecified atom stereocenters. The smallest absolute Gasteiger partial charge is 0.318 e. The molecule has 0 aromatic rings. The molecule has 0 bridgehead atoms. The first-order valence-corrected chi connectivity index (χ1v) is 6.77. The maximum absolute atomic E-state index is 12.1. The van der Waals surface area contributed by atoms with Crippen molar-refractivity contribution in [2.45, 2.75) is 76.9 Å². The molecule has 1 saturated carbocycles. The van der Waals surface area contributed by atoms with E-state index in [1.165, 1.54) is 32.1 Å². The lowest BCUT2D eigenvalue weighted by Crippen LogP contribution is -2.49. The van der Waals surface area contributed by atoms with Crippen LogP contribution in [0.5, 0.6) is 0 Å². The van der Waals surface area contributed by atoms with Crippen LogP contribution in [0, 0.1) is 0 Å². The van der Waals surface area contributed by atoms with Gasteiger partial charge in [-0.25, -0.2) is 4.79 Å². The van der Waals surface area contributed by atoms with Gasteiger partial charge in [0.05, 0.1) is 0 Å². The molecule has 92 valence electrons. The molecule has 2 aliphatic rings. The number of nitrogens with one attached hydrogen (secondary N) is 1. The molecule has 16 heavy (non-hydrogen) atoms. The van der Waals surface area contributed by atoms with E-state index in [0.29, 0.717) is 18.1 Å². The molecule has 2 atom stereocenters. The number of hydrogen-bond acceptors (Lipinski definition) is 1. The lowest BCUT2D eigenvalue weighted by molar-refractivity contribution is 0.173. The predicted molar refractivity (Wildman–Crippen MR) is 65.4 cm³/mol. The van der Waals surface area contributed by atoms with Crippen LogP contribution in [0.15, 0.2) is 0 Å². The Bertz CT molecular complexity index is 238. The zero-order valence-corrected chi connectivity index (χ0v) is 10.5. The summed E-state index contributed by atoms with van der Waals surface area (Å²) in [5.41, 5.74) is 0. The van der Waals surface area contributed by atoms with Gasteiger partial charge in [0.2, 0.25) is 0 Å². The molecule has 1 N–H and O–H groups in total. The zero-order chi connectivity index (χ0) is 11.5. The minimum absolute atomic E-state index is 0.171. The van der Waals surface area contributed by atoms with Crippen molar-refractivity contribution in [2.75, 3.05) is 0 Å². The summed E-state index contributed by atoms with van der Waals surface area (Å²) < 4.78 is 0. The first kappa shape index (κ1) is 11.7. The number of carbonyl (C=O) groups excluding carboxylic acids is 1. The van der Waals surface area contributed by atoms with Crippen molar-refractivity contribution in [3.05, 3.63) is 0 Å². The van der Waals surface area contributed by atoms with Crippen LogP contribution < -0.4 is 5.32 Å². The monoisotopic (exact) mass is 224 g/mol. The first-order chi connectivity index (χ1) is 7.68. The number of nitrogens with zero attached hydrogens (tertiary/aromatic N) is 1. The van der Waals surface area contributed by atoms with Gasteiger partial charge in [0.15, 0.2) is 0 Å². The van der Waals surface area contributed by atoms with Crippen LogP contribution in [0.2, 0.25) is 0 Å². The van der Waals surface area contributed by atoms with E-state index in [-0.39, 0.29) is 6.03 Å². The van der Waals surface area contributed by atoms with E-state index in [2.05, 4.69) is 19.2 Å². The van der Waals surface area contributed by atoms with Crippen LogP contribution in [-0.2, 0) is 0 Å². The lowest BCUT2D eigenvalue weighted by Gasteiger charge is -2.30. The van der Waals surface area contributed by atoms with Gasteiger partial charge in [-0.1, -0.05) is 19.3 Å². The third kappa shape index (κ3) is 2.50. The van der Waals surface area contributed by atoms with Gasteiger partial charge in [-0.15, -0.1) is 0 Å². The highest BCUT2D eigenvalue weighted by molar-refractivity contribution is 5.75. The molecular weight excluding hydrogens is 200 g/mol. The Balaban J connectivity index is 1.86. The van der Waals surface area contributed by atoms with Crippen LogP contribution in [0.25, 0.3) is 0 Å². The Hall–Kier alpha value is -0.730. The van der Waals surface area contributed by atoms with Gasteiger partial charge >= 0.3 is 6.03 Å². The summed E-state index contributed by atoms with van der Waals surface area (Å²) in [4.78, 5) is 14.2. The van der Waals surface area contributed by atoms with Crippen molar-refractivity contribution in [2.24, 2.45) is 0 Å². The van der Waals surface area contributed by atoms with Crippen LogP contribution in [0.4, 0.5) is 4.79 Å². The summed E-state index contributed by atoms with van der Waals surface area (Å²) in [5.74, 6) is 0. The molecule has 1 aliphatic heterocycles. The van der Waals surface area contributed by atoms with E-state index < -0.39 is 0 Å². The van der Waals surface area contributed by atoms with Gasteiger partial charge in [-0.05, 0) is 39.5 Å². The van der Waals surface area contributed by atoms with E-state index in [9.17, 15) is 4.79 Å². The van der Waals surface area contributed by atoms with Crippen LogP contribution in [0.3, 0.4) is 0 Å². The van der Waals surface area contributed by atoms with Gasteiger partial charge in [0.25, 0.3) is 0 Å². The Morgan fingerprint density at radius 3 is 2.12 bits per heavy atom. The average molecular weight is 224 g/mol. The molecule has 0 aromatic carbocycles. The molecule has 2 amide bonds. The molecule has 0 spiro atoms. The second kappa shape index (κ2) is 5.07. The van der Waals surface area contributed by atoms with E-state index in [4.69, 9.17) is 0 Å². The van der Waals surface area contributed by atoms with E-state index in [1.807, 2.05) is 4.90 Å². The van der Waals surface area contributed by atoms with Gasteiger partial charge in [-0.2, -0.15) is 0 Å². The number of amides is 2. The molecule has 3 heteroatoms. The van der Waals surface area contributed by atoms with Gasteiger partial charge in [0, 0.05) is 18.1 Å². The maximum atomic E-state index is 12.1. The van der Waals surface area contributed by atoms with Crippen molar-refractivity contribution in [1.29, 1.82) is 0 Å². The number of carbonyl (C=O) groups is 1. The summed E-state index contributed by atoms with van der Waals surface area (Å²) in [6.45, 7) is 4.31. The molecule has 0 aromatic heterocycles. The van der Waals surface area contributed by atoms with Crippen LogP contribution in [-0.4, -0.2) is 29.1 Å². The average Bonchev–Trinajstić information content (AvgIpc) is 2.60. The standard InChI is InChI=1S/C13H24N2O/c1-10-8-9-11(2)15(10)13(16)14-12-6-4-3-5-7-12/h10-12H,3-9H2,1-2H3,(H,14,16). The second-order valence-corrected chi connectivity index (χ2v) is 5.47. The summed E-state index contributed by atoms with van der Waals surface area (Å²) in [7, 11) is 0. The third-order valence-corrected chi connectivity index (χ3v) is 4.12. The normalized spacial score (nSPS) is 31.8. The molecule has 2 fully saturated rings. The number of rotatable bonds is 1. The highest BCUT2D eigenvalue weighted by Gasteiger charge is 2.32. The van der Waals surface area contributed by atoms with Crippen LogP contribution >= 0.6 is 0 Å². The van der Waals surface area contributed by atoms with Crippen molar-refractivity contribution in [3.63, 3.8) is 0 Å². The van der Waals surface area contributed by atoms with Gasteiger partial charge in [-0.3, -0.25) is 0 Å². The third-order valence-electron chi connectivity index (χ3n) is 4.12. The largest absolute Gasteiger partial charge is 0.335 e. The predicted octanol–water partition coefficient (Wildman–Crippen LogP) is 2.90. The quantitative estimate of drug-likeness (QED) is 0.729. The summed E-state index contributed by atoms with van der Waals surface area (Å²) in [6, 6.07) is 1.43. The van der Waals surface area contributed by atoms with Gasteiger partial charge < -0.3 is 10.2 Å². The number of hydrogen-bond donors (Lipinski definition) is 1. The minimum atomic E-state index is 0.171. The molecule has 3 nitrogen and oxygen atoms in total. The molecule has 0 radical (unpaired) electrons. The fourth-order valence-electron chi connectivity index (χ4n) is 3.09. The molecule has 1 saturated heterocycles. The van der Waals surface area contributed by atoms with Crippen LogP contribution in [0.1, 0.15) is 58.8 Å². The summed E-state index contributed by atoms with van der Waals surface area (Å²) >= 11 is 0. The van der Waals surface area contributed by atoms with E-state index >= 15 is 0 Å². The van der Waals surface area contributed by atoms with Gasteiger partial charge in [0.1, 0.15) is 0 Å². The minimum Gasteiger partial charge on any atom is -0.335 e. The lowest BCUT2D eigenvalue weighted by atomic mass is 9.96. The van der Waals surface area contributed by atoms with Crippen molar-refractivity contribution < 1.29 is 4.79 Å². The fraction of sp³-hybridized carbons (Fsp3) is 0.923. The fourth-order valence-corrected chi connectivity index (χ4v) is 3.09. The van der Waals surface area contributed by atoms with Crippen molar-refractivity contribution in [3.8, 4) is 0 Å². The summed E-state index contributed by atoms with van der Waals surface area (Å²) in [6.07, 6.45) is 8.53. The number of urea groups is 1. The first-order valence-electron chi connectivity index (χ1n) is 6.77. The SMILES string of the molecule is CC1CCC(C)N1C(=O)NC1CCCCC1. The Morgan fingerprint density at radius 1 is 1.00 bits per heavy atom.